The molecule has 0 atom stereocenters. The van der Waals surface area contributed by atoms with Crippen LogP contribution in [0.5, 0.6) is 5.75 Å². The summed E-state index contributed by atoms with van der Waals surface area (Å²) in [7, 11) is 1.61. The number of hydrazone groups is 1. The molecule has 1 aromatic heterocycles. The molecule has 0 radical (unpaired) electrons. The number of anilines is 1. The predicted molar refractivity (Wildman–Crippen MR) is 132 cm³/mol. The average Bonchev–Trinajstić information content (AvgIpc) is 3.28. The largest absolute Gasteiger partial charge is 0.497 e. The normalized spacial score (nSPS) is 14.9. The number of hydrogen-bond acceptors (Lipinski definition) is 4. The first kappa shape index (κ1) is 20.7. The second-order valence-corrected chi connectivity index (χ2v) is 8.05. The van der Waals surface area contributed by atoms with Gasteiger partial charge < -0.3 is 4.74 Å². The fraction of sp³-hybridized carbons (Fsp3) is 0.148. The summed E-state index contributed by atoms with van der Waals surface area (Å²) in [4.78, 5) is 13.2. The van der Waals surface area contributed by atoms with Gasteiger partial charge in [0.05, 0.1) is 35.5 Å². The van der Waals surface area contributed by atoms with E-state index in [4.69, 9.17) is 9.84 Å². The van der Waals surface area contributed by atoms with Crippen LogP contribution in [0.4, 0.5) is 5.69 Å². The van der Waals surface area contributed by atoms with E-state index < -0.39 is 0 Å². The van der Waals surface area contributed by atoms with Crippen molar-refractivity contribution in [1.29, 1.82) is 0 Å². The van der Waals surface area contributed by atoms with Crippen molar-refractivity contribution in [2.45, 2.75) is 20.8 Å². The fourth-order valence-electron chi connectivity index (χ4n) is 4.22. The van der Waals surface area contributed by atoms with Gasteiger partial charge in [-0.1, -0.05) is 36.4 Å². The first-order valence-corrected chi connectivity index (χ1v) is 10.8. The molecule has 0 unspecified atom stereocenters. The molecule has 164 valence electrons. The van der Waals surface area contributed by atoms with E-state index in [1.165, 1.54) is 5.01 Å². The number of hydrogen-bond donors (Lipinski definition) is 0. The van der Waals surface area contributed by atoms with Crippen LogP contribution in [0.3, 0.4) is 0 Å². The van der Waals surface area contributed by atoms with Gasteiger partial charge >= 0.3 is 0 Å². The molecule has 0 saturated heterocycles. The molecule has 1 aliphatic heterocycles. The SMILES string of the molecule is COc1ccc(N2N=C(C)/C(=C\c3c(C)nn(-c4cccc5ccccc45)c3C)C2=O)cc1. The Balaban J connectivity index is 1.54. The monoisotopic (exact) mass is 436 g/mol. The first-order chi connectivity index (χ1) is 16.0. The summed E-state index contributed by atoms with van der Waals surface area (Å²) in [6, 6.07) is 21.7. The van der Waals surface area contributed by atoms with Gasteiger partial charge in [-0.25, -0.2) is 4.68 Å². The van der Waals surface area contributed by atoms with Gasteiger partial charge in [0.1, 0.15) is 5.75 Å². The molecule has 2 heterocycles. The zero-order valence-corrected chi connectivity index (χ0v) is 19.0. The number of aromatic nitrogens is 2. The molecule has 6 heteroatoms. The third kappa shape index (κ3) is 3.49. The summed E-state index contributed by atoms with van der Waals surface area (Å²) in [5, 5.41) is 13.0. The maximum atomic E-state index is 13.2. The van der Waals surface area contributed by atoms with E-state index in [9.17, 15) is 4.79 Å². The minimum Gasteiger partial charge on any atom is -0.497 e. The van der Waals surface area contributed by atoms with Crippen LogP contribution in [0, 0.1) is 13.8 Å². The van der Waals surface area contributed by atoms with E-state index >= 15 is 0 Å². The van der Waals surface area contributed by atoms with Gasteiger partial charge in [-0.05, 0) is 62.6 Å². The maximum absolute atomic E-state index is 13.2. The quantitative estimate of drug-likeness (QED) is 0.399. The molecule has 1 amide bonds. The molecule has 0 fully saturated rings. The average molecular weight is 437 g/mol. The van der Waals surface area contributed by atoms with Crippen LogP contribution in [-0.4, -0.2) is 28.5 Å². The number of nitrogens with zero attached hydrogens (tertiary/aromatic N) is 4. The smallest absolute Gasteiger partial charge is 0.280 e. The zero-order chi connectivity index (χ0) is 23.1. The molecular weight excluding hydrogens is 412 g/mol. The van der Waals surface area contributed by atoms with Gasteiger partial charge in [0.25, 0.3) is 5.91 Å². The standard InChI is InChI=1S/C27H24N4O2/c1-17-24(19(3)30(28-17)26-11-7-9-20-8-5-6-10-23(20)26)16-25-18(2)29-31(27(25)32)21-12-14-22(33-4)15-13-21/h5-16H,1-4H3/b25-16+. The Morgan fingerprint density at radius 3 is 2.39 bits per heavy atom. The summed E-state index contributed by atoms with van der Waals surface area (Å²) in [5.41, 5.74) is 5.71. The highest BCUT2D eigenvalue weighted by molar-refractivity contribution is 6.32. The van der Waals surface area contributed by atoms with Crippen molar-refractivity contribution < 1.29 is 9.53 Å². The third-order valence-electron chi connectivity index (χ3n) is 6.01. The molecule has 0 aliphatic carbocycles. The molecule has 0 bridgehead atoms. The van der Waals surface area contributed by atoms with Gasteiger partial charge in [-0.3, -0.25) is 4.79 Å². The lowest BCUT2D eigenvalue weighted by Gasteiger charge is -2.12. The van der Waals surface area contributed by atoms with Crippen molar-refractivity contribution in [2.24, 2.45) is 5.10 Å². The number of carbonyl (C=O) groups excluding carboxylic acids is 1. The van der Waals surface area contributed by atoms with Gasteiger partial charge in [0.15, 0.2) is 0 Å². The molecule has 3 aromatic carbocycles. The number of methoxy groups -OCH3 is 1. The lowest BCUT2D eigenvalue weighted by molar-refractivity contribution is -0.114. The lowest BCUT2D eigenvalue weighted by atomic mass is 10.1. The number of amides is 1. The minimum atomic E-state index is -0.158. The molecule has 1 aliphatic rings. The van der Waals surface area contributed by atoms with Gasteiger partial charge in [-0.15, -0.1) is 0 Å². The Kier molecular flexibility index (Phi) is 5.05. The van der Waals surface area contributed by atoms with Crippen LogP contribution in [0.15, 0.2) is 77.4 Å². The number of carbonyl (C=O) groups is 1. The number of fused-ring (bicyclic) bond motifs is 1. The lowest BCUT2D eigenvalue weighted by Crippen LogP contribution is -2.21. The Hall–Kier alpha value is -4.19. The number of ether oxygens (including phenoxy) is 1. The summed E-state index contributed by atoms with van der Waals surface area (Å²) in [6.45, 7) is 5.85. The van der Waals surface area contributed by atoms with Crippen molar-refractivity contribution >= 4 is 34.2 Å². The second-order valence-electron chi connectivity index (χ2n) is 8.05. The maximum Gasteiger partial charge on any atom is 0.280 e. The van der Waals surface area contributed by atoms with Crippen molar-refractivity contribution in [1.82, 2.24) is 9.78 Å². The van der Waals surface area contributed by atoms with Gasteiger partial charge in [0.2, 0.25) is 0 Å². The van der Waals surface area contributed by atoms with E-state index in [1.54, 1.807) is 7.11 Å². The highest BCUT2D eigenvalue weighted by atomic mass is 16.5. The molecular formula is C27H24N4O2. The van der Waals surface area contributed by atoms with Crippen LogP contribution in [0.25, 0.3) is 22.5 Å². The summed E-state index contributed by atoms with van der Waals surface area (Å²) in [6.07, 6.45) is 1.91. The Morgan fingerprint density at radius 1 is 0.909 bits per heavy atom. The van der Waals surface area contributed by atoms with Crippen LogP contribution >= 0.6 is 0 Å². The fourth-order valence-corrected chi connectivity index (χ4v) is 4.22. The van der Waals surface area contributed by atoms with E-state index in [0.29, 0.717) is 17.0 Å². The molecule has 33 heavy (non-hydrogen) atoms. The van der Waals surface area contributed by atoms with Crippen LogP contribution in [-0.2, 0) is 4.79 Å². The van der Waals surface area contributed by atoms with Crippen molar-refractivity contribution in [2.75, 3.05) is 12.1 Å². The molecule has 0 N–H and O–H groups in total. The highest BCUT2D eigenvalue weighted by Gasteiger charge is 2.29. The van der Waals surface area contributed by atoms with E-state index in [2.05, 4.69) is 29.4 Å². The Labute approximate surface area is 192 Å². The zero-order valence-electron chi connectivity index (χ0n) is 19.0. The topological polar surface area (TPSA) is 59.7 Å². The Morgan fingerprint density at radius 2 is 1.64 bits per heavy atom. The number of benzene rings is 3. The summed E-state index contributed by atoms with van der Waals surface area (Å²) >= 11 is 0. The summed E-state index contributed by atoms with van der Waals surface area (Å²) in [5.74, 6) is 0.573. The minimum absolute atomic E-state index is 0.158. The molecule has 5 rings (SSSR count). The second kappa shape index (κ2) is 8.06. The first-order valence-electron chi connectivity index (χ1n) is 10.8. The van der Waals surface area contributed by atoms with Crippen LogP contribution in [0.1, 0.15) is 23.9 Å². The molecule has 0 spiro atoms. The van der Waals surface area contributed by atoms with E-state index in [-0.39, 0.29) is 5.91 Å². The van der Waals surface area contributed by atoms with Crippen molar-refractivity contribution in [3.8, 4) is 11.4 Å². The Bertz CT molecular complexity index is 1440. The van der Waals surface area contributed by atoms with Crippen molar-refractivity contribution in [3.63, 3.8) is 0 Å². The molecule has 6 nitrogen and oxygen atoms in total. The molecule has 0 saturated carbocycles. The summed E-state index contributed by atoms with van der Waals surface area (Å²) < 4.78 is 7.17. The van der Waals surface area contributed by atoms with Gasteiger partial charge in [0, 0.05) is 16.6 Å². The third-order valence-corrected chi connectivity index (χ3v) is 6.01. The van der Waals surface area contributed by atoms with Gasteiger partial charge in [-0.2, -0.15) is 15.2 Å². The van der Waals surface area contributed by atoms with E-state index in [0.717, 1.165) is 39.2 Å². The van der Waals surface area contributed by atoms with Crippen molar-refractivity contribution in [3.05, 3.63) is 89.3 Å². The highest BCUT2D eigenvalue weighted by Crippen LogP contribution is 2.30. The van der Waals surface area contributed by atoms with E-state index in [1.807, 2.05) is 74.0 Å². The molecule has 4 aromatic rings. The predicted octanol–water partition coefficient (Wildman–Crippen LogP) is 5.46. The van der Waals surface area contributed by atoms with Crippen LogP contribution in [0.2, 0.25) is 0 Å². The number of aryl methyl sites for hydroxylation is 1. The van der Waals surface area contributed by atoms with Crippen LogP contribution < -0.4 is 9.75 Å². The number of rotatable bonds is 4.